The first-order valence-corrected chi connectivity index (χ1v) is 7.23. The van der Waals surface area contributed by atoms with E-state index in [2.05, 4.69) is 15.3 Å². The maximum atomic E-state index is 11.9. The molecule has 3 rings (SSSR count). The molecule has 0 aliphatic carbocycles. The van der Waals surface area contributed by atoms with E-state index in [4.69, 9.17) is 0 Å². The molecule has 112 valence electrons. The van der Waals surface area contributed by atoms with Crippen LogP contribution < -0.4 is 5.32 Å². The van der Waals surface area contributed by atoms with Crippen LogP contribution in [-0.4, -0.2) is 15.9 Å². The minimum atomic E-state index is -0.263. The number of amides is 1. The monoisotopic (exact) mass is 301 g/mol. The normalized spacial score (nSPS) is 10.6. The number of nitrogens with zero attached hydrogens (tertiary/aromatic N) is 2. The molecule has 0 saturated heterocycles. The van der Waals surface area contributed by atoms with Crippen LogP contribution in [0.25, 0.3) is 17.2 Å². The highest BCUT2D eigenvalue weighted by molar-refractivity contribution is 6.00. The average Bonchev–Trinajstić information content (AvgIpc) is 2.62. The van der Waals surface area contributed by atoms with Crippen molar-refractivity contribution < 1.29 is 4.79 Å². The molecule has 1 heterocycles. The molecule has 1 aromatic heterocycles. The average molecular weight is 301 g/mol. The lowest BCUT2D eigenvalue weighted by Gasteiger charge is -2.03. The van der Waals surface area contributed by atoms with Crippen LogP contribution in [0.3, 0.4) is 0 Å². The zero-order chi connectivity index (χ0) is 15.9. The van der Waals surface area contributed by atoms with Gasteiger partial charge in [-0.1, -0.05) is 60.7 Å². The largest absolute Gasteiger partial charge is 0.291 e. The third kappa shape index (κ3) is 4.11. The number of anilines is 1. The number of nitrogens with one attached hydrogen (secondary N) is 1. The van der Waals surface area contributed by atoms with Crippen molar-refractivity contribution in [2.75, 3.05) is 5.32 Å². The molecule has 0 aliphatic heterocycles. The van der Waals surface area contributed by atoms with Crippen molar-refractivity contribution in [3.63, 3.8) is 0 Å². The summed E-state index contributed by atoms with van der Waals surface area (Å²) in [7, 11) is 0. The molecular formula is C19H15N3O. The summed E-state index contributed by atoms with van der Waals surface area (Å²) in [6.45, 7) is 0. The van der Waals surface area contributed by atoms with Crippen LogP contribution in [0.15, 0.2) is 79.1 Å². The molecule has 2 aromatic carbocycles. The van der Waals surface area contributed by atoms with Crippen molar-refractivity contribution in [2.24, 2.45) is 0 Å². The Hall–Kier alpha value is -3.27. The number of carbonyl (C=O) groups is 1. The number of carbonyl (C=O) groups excluding carboxylic acids is 1. The number of benzene rings is 2. The quantitative estimate of drug-likeness (QED) is 0.746. The highest BCUT2D eigenvalue weighted by Crippen LogP contribution is 2.17. The van der Waals surface area contributed by atoms with Crippen LogP contribution in [0.5, 0.6) is 0 Å². The first kappa shape index (κ1) is 14.7. The van der Waals surface area contributed by atoms with E-state index in [1.54, 1.807) is 18.5 Å². The summed E-state index contributed by atoms with van der Waals surface area (Å²) in [6.07, 6.45) is 6.59. The fourth-order valence-corrected chi connectivity index (χ4v) is 2.06. The van der Waals surface area contributed by atoms with Crippen molar-refractivity contribution >= 4 is 17.9 Å². The van der Waals surface area contributed by atoms with Crippen molar-refractivity contribution in [2.45, 2.75) is 0 Å². The molecule has 0 spiro atoms. The topological polar surface area (TPSA) is 54.9 Å². The fraction of sp³-hybridized carbons (Fsp3) is 0. The summed E-state index contributed by atoms with van der Waals surface area (Å²) < 4.78 is 0. The third-order valence-corrected chi connectivity index (χ3v) is 3.22. The minimum absolute atomic E-state index is 0.263. The van der Waals surface area contributed by atoms with Crippen molar-refractivity contribution in [1.29, 1.82) is 0 Å². The molecular weight excluding hydrogens is 286 g/mol. The van der Waals surface area contributed by atoms with E-state index in [0.717, 1.165) is 16.7 Å². The van der Waals surface area contributed by atoms with Crippen LogP contribution in [-0.2, 0) is 4.79 Å². The van der Waals surface area contributed by atoms with Gasteiger partial charge < -0.3 is 0 Å². The molecule has 23 heavy (non-hydrogen) atoms. The van der Waals surface area contributed by atoms with Gasteiger partial charge in [-0.3, -0.25) is 10.1 Å². The molecule has 0 fully saturated rings. The maximum Gasteiger partial charge on any atom is 0.250 e. The van der Waals surface area contributed by atoms with Gasteiger partial charge in [0.2, 0.25) is 5.95 Å². The van der Waals surface area contributed by atoms with E-state index in [1.807, 2.05) is 60.7 Å². The Morgan fingerprint density at radius 3 is 2.09 bits per heavy atom. The zero-order valence-corrected chi connectivity index (χ0v) is 12.4. The van der Waals surface area contributed by atoms with Crippen molar-refractivity contribution in [3.05, 3.63) is 84.7 Å². The lowest BCUT2D eigenvalue weighted by atomic mass is 10.1. The van der Waals surface area contributed by atoms with E-state index in [1.165, 1.54) is 6.08 Å². The minimum Gasteiger partial charge on any atom is -0.291 e. The third-order valence-electron chi connectivity index (χ3n) is 3.22. The number of rotatable bonds is 4. The van der Waals surface area contributed by atoms with Crippen molar-refractivity contribution in [3.8, 4) is 11.1 Å². The van der Waals surface area contributed by atoms with Crippen LogP contribution in [0.2, 0.25) is 0 Å². The van der Waals surface area contributed by atoms with E-state index >= 15 is 0 Å². The van der Waals surface area contributed by atoms with E-state index in [9.17, 15) is 4.79 Å². The molecule has 0 aliphatic rings. The van der Waals surface area contributed by atoms with Crippen LogP contribution in [0.4, 0.5) is 5.95 Å². The van der Waals surface area contributed by atoms with E-state index in [0.29, 0.717) is 0 Å². The lowest BCUT2D eigenvalue weighted by molar-refractivity contribution is -0.111. The van der Waals surface area contributed by atoms with E-state index < -0.39 is 0 Å². The molecule has 1 amide bonds. The number of aromatic nitrogens is 2. The van der Waals surface area contributed by atoms with Gasteiger partial charge in [0.25, 0.3) is 5.91 Å². The molecule has 3 aromatic rings. The Kier molecular flexibility index (Phi) is 4.55. The number of hydrogen-bond acceptors (Lipinski definition) is 3. The molecule has 0 saturated carbocycles. The second kappa shape index (κ2) is 7.13. The Bertz CT molecular complexity index is 797. The number of hydrogen-bond donors (Lipinski definition) is 1. The molecule has 4 nitrogen and oxygen atoms in total. The standard InChI is InChI=1S/C19H15N3O/c23-18(12-11-15-7-3-1-4-8-15)22-19-20-13-17(14-21-19)16-9-5-2-6-10-16/h1-14H,(H,20,21,22,23)/b12-11+. The smallest absolute Gasteiger partial charge is 0.250 e. The first-order valence-electron chi connectivity index (χ1n) is 7.23. The second-order valence-electron chi connectivity index (χ2n) is 4.89. The lowest BCUT2D eigenvalue weighted by Crippen LogP contribution is -2.10. The van der Waals surface area contributed by atoms with E-state index in [-0.39, 0.29) is 11.9 Å². The molecule has 0 atom stereocenters. The summed E-state index contributed by atoms with van der Waals surface area (Å²) in [6, 6.07) is 19.5. The van der Waals surface area contributed by atoms with Crippen molar-refractivity contribution in [1.82, 2.24) is 9.97 Å². The van der Waals surface area contributed by atoms with Gasteiger partial charge in [0.05, 0.1) is 0 Å². The van der Waals surface area contributed by atoms with Gasteiger partial charge in [-0.15, -0.1) is 0 Å². The molecule has 1 N–H and O–H groups in total. The SMILES string of the molecule is O=C(/C=C/c1ccccc1)Nc1ncc(-c2ccccc2)cn1. The summed E-state index contributed by atoms with van der Waals surface area (Å²) in [5, 5.41) is 2.64. The summed E-state index contributed by atoms with van der Waals surface area (Å²) in [4.78, 5) is 20.2. The van der Waals surface area contributed by atoms with Gasteiger partial charge >= 0.3 is 0 Å². The fourth-order valence-electron chi connectivity index (χ4n) is 2.06. The second-order valence-corrected chi connectivity index (χ2v) is 4.89. The Morgan fingerprint density at radius 1 is 0.826 bits per heavy atom. The molecule has 0 unspecified atom stereocenters. The highest BCUT2D eigenvalue weighted by Gasteiger charge is 2.02. The molecule has 0 radical (unpaired) electrons. The first-order chi connectivity index (χ1) is 11.3. The Balaban J connectivity index is 1.64. The summed E-state index contributed by atoms with van der Waals surface area (Å²) in [5.74, 6) is 0.0220. The van der Waals surface area contributed by atoms with Gasteiger partial charge in [-0.25, -0.2) is 9.97 Å². The van der Waals surface area contributed by atoms with Crippen LogP contribution in [0.1, 0.15) is 5.56 Å². The van der Waals surface area contributed by atoms with Gasteiger partial charge in [0.15, 0.2) is 0 Å². The molecule has 0 bridgehead atoms. The zero-order valence-electron chi connectivity index (χ0n) is 12.4. The summed E-state index contributed by atoms with van der Waals surface area (Å²) >= 11 is 0. The predicted molar refractivity (Wildman–Crippen MR) is 91.6 cm³/mol. The van der Waals surface area contributed by atoms with Crippen LogP contribution in [0, 0.1) is 0 Å². The van der Waals surface area contributed by atoms with Gasteiger partial charge in [0, 0.05) is 24.0 Å². The molecule has 4 heteroatoms. The summed E-state index contributed by atoms with van der Waals surface area (Å²) in [5.41, 5.74) is 2.90. The Morgan fingerprint density at radius 2 is 1.43 bits per heavy atom. The van der Waals surface area contributed by atoms with Gasteiger partial charge in [-0.05, 0) is 17.2 Å². The van der Waals surface area contributed by atoms with Gasteiger partial charge in [-0.2, -0.15) is 0 Å². The van der Waals surface area contributed by atoms with Crippen LogP contribution >= 0.6 is 0 Å². The Labute approximate surface area is 134 Å². The maximum absolute atomic E-state index is 11.9. The highest BCUT2D eigenvalue weighted by atomic mass is 16.1. The van der Waals surface area contributed by atoms with Gasteiger partial charge in [0.1, 0.15) is 0 Å². The predicted octanol–water partition coefficient (Wildman–Crippen LogP) is 3.80.